The van der Waals surface area contributed by atoms with Gasteiger partial charge in [0.1, 0.15) is 12.7 Å². The van der Waals surface area contributed by atoms with Crippen LogP contribution in [0.5, 0.6) is 0 Å². The molecule has 2 saturated heterocycles. The maximum atomic E-state index is 13.1. The van der Waals surface area contributed by atoms with Crippen LogP contribution in [-0.4, -0.2) is 75.4 Å². The van der Waals surface area contributed by atoms with Crippen LogP contribution >= 0.6 is 0 Å². The summed E-state index contributed by atoms with van der Waals surface area (Å²) >= 11 is 0. The van der Waals surface area contributed by atoms with Gasteiger partial charge in [-0.3, -0.25) is 14.4 Å². The van der Waals surface area contributed by atoms with Crippen LogP contribution in [-0.2, 0) is 28.9 Å². The molecule has 0 spiro atoms. The molecule has 0 bridgehead atoms. The Morgan fingerprint density at radius 1 is 1.09 bits per heavy atom. The third kappa shape index (κ3) is 5.21. The maximum absolute atomic E-state index is 13.1. The molecule has 5 rings (SSSR count). The predicted octanol–water partition coefficient (Wildman–Crippen LogP) is 2.56. The van der Waals surface area contributed by atoms with Crippen LogP contribution in [0.1, 0.15) is 43.2 Å². The van der Waals surface area contributed by atoms with Crippen molar-refractivity contribution in [3.05, 3.63) is 48.0 Å². The summed E-state index contributed by atoms with van der Waals surface area (Å²) < 4.78 is 7.60. The molecule has 3 aliphatic rings. The summed E-state index contributed by atoms with van der Waals surface area (Å²) in [7, 11) is 0. The Labute approximate surface area is 190 Å². The van der Waals surface area contributed by atoms with E-state index in [1.807, 2.05) is 0 Å². The van der Waals surface area contributed by atoms with Crippen molar-refractivity contribution in [1.29, 1.82) is 0 Å². The van der Waals surface area contributed by atoms with E-state index in [2.05, 4.69) is 44.1 Å². The van der Waals surface area contributed by atoms with E-state index in [4.69, 9.17) is 4.74 Å². The van der Waals surface area contributed by atoms with Crippen molar-refractivity contribution in [3.63, 3.8) is 0 Å². The molecule has 1 atom stereocenters. The molecule has 2 fully saturated rings. The molecule has 32 heavy (non-hydrogen) atoms. The maximum Gasteiger partial charge on any atom is 0.224 e. The van der Waals surface area contributed by atoms with Gasteiger partial charge >= 0.3 is 0 Å². The fourth-order valence-electron chi connectivity index (χ4n) is 5.63. The fraction of sp³-hybridized carbons (Fsp3) is 0.640. The highest BCUT2D eigenvalue weighted by Crippen LogP contribution is 2.29. The van der Waals surface area contributed by atoms with Crippen molar-refractivity contribution < 1.29 is 9.53 Å². The van der Waals surface area contributed by atoms with Crippen LogP contribution < -0.4 is 0 Å². The first-order valence-corrected chi connectivity index (χ1v) is 12.3. The highest BCUT2D eigenvalue weighted by Gasteiger charge is 2.31. The number of aromatic nitrogens is 3. The lowest BCUT2D eigenvalue weighted by Crippen LogP contribution is -2.46. The molecular weight excluding hydrogens is 402 g/mol. The standard InChI is InChI=1S/C25H35N5O2/c31-25(9-12-30-19-26-18-27-30)29(17-24-6-3-13-32-24)16-20-7-10-28(11-8-20)23-14-21-4-1-2-5-22(21)15-23/h1-2,4-5,18-20,23-24H,3,6-17H2/t24-/m0/s1. The molecule has 0 N–H and O–H groups in total. The topological polar surface area (TPSA) is 63.5 Å². The van der Waals surface area contributed by atoms with Gasteiger partial charge in [0.15, 0.2) is 0 Å². The molecule has 0 radical (unpaired) electrons. The van der Waals surface area contributed by atoms with Crippen LogP contribution in [0.25, 0.3) is 0 Å². The Morgan fingerprint density at radius 2 is 1.88 bits per heavy atom. The second kappa shape index (κ2) is 10.1. The minimum absolute atomic E-state index is 0.197. The Bertz CT molecular complexity index is 847. The quantitative estimate of drug-likeness (QED) is 0.635. The molecule has 0 unspecified atom stereocenters. The Balaban J connectivity index is 1.13. The third-order valence-corrected chi connectivity index (χ3v) is 7.50. The summed E-state index contributed by atoms with van der Waals surface area (Å²) in [5, 5.41) is 4.13. The lowest BCUT2D eigenvalue weighted by molar-refractivity contribution is -0.134. The largest absolute Gasteiger partial charge is 0.376 e. The third-order valence-electron chi connectivity index (χ3n) is 7.50. The van der Waals surface area contributed by atoms with Crippen LogP contribution in [0.4, 0.5) is 0 Å². The molecule has 172 valence electrons. The summed E-state index contributed by atoms with van der Waals surface area (Å²) in [6.45, 7) is 5.28. The van der Waals surface area contributed by atoms with Crippen LogP contribution in [0, 0.1) is 5.92 Å². The van der Waals surface area contributed by atoms with E-state index in [0.29, 0.717) is 24.9 Å². The van der Waals surface area contributed by atoms with Gasteiger partial charge in [0.25, 0.3) is 0 Å². The van der Waals surface area contributed by atoms with Gasteiger partial charge in [0.2, 0.25) is 5.91 Å². The number of fused-ring (bicyclic) bond motifs is 1. The second-order valence-electron chi connectivity index (χ2n) is 9.65. The van der Waals surface area contributed by atoms with Crippen LogP contribution in [0.15, 0.2) is 36.9 Å². The van der Waals surface area contributed by atoms with Crippen molar-refractivity contribution in [3.8, 4) is 0 Å². The smallest absolute Gasteiger partial charge is 0.224 e. The molecule has 1 aromatic heterocycles. The van der Waals surface area contributed by atoms with E-state index < -0.39 is 0 Å². The van der Waals surface area contributed by atoms with Crippen molar-refractivity contribution in [2.75, 3.05) is 32.8 Å². The number of rotatable bonds is 8. The highest BCUT2D eigenvalue weighted by atomic mass is 16.5. The number of aryl methyl sites for hydroxylation is 1. The first kappa shape index (κ1) is 21.6. The molecule has 2 aliphatic heterocycles. The van der Waals surface area contributed by atoms with Crippen molar-refractivity contribution in [2.45, 2.75) is 63.6 Å². The van der Waals surface area contributed by atoms with E-state index >= 15 is 0 Å². The molecule has 1 aromatic carbocycles. The summed E-state index contributed by atoms with van der Waals surface area (Å²) in [6, 6.07) is 9.55. The molecule has 1 amide bonds. The first-order valence-electron chi connectivity index (χ1n) is 12.3. The molecule has 1 aliphatic carbocycles. The number of carbonyl (C=O) groups excluding carboxylic acids is 1. The average molecular weight is 438 g/mol. The zero-order chi connectivity index (χ0) is 21.8. The van der Waals surface area contributed by atoms with Crippen molar-refractivity contribution in [1.82, 2.24) is 24.6 Å². The number of ether oxygens (including phenoxy) is 1. The van der Waals surface area contributed by atoms with Gasteiger partial charge in [-0.05, 0) is 68.7 Å². The summed E-state index contributed by atoms with van der Waals surface area (Å²) in [4.78, 5) is 21.8. The van der Waals surface area contributed by atoms with Gasteiger partial charge in [-0.15, -0.1) is 0 Å². The predicted molar refractivity (Wildman–Crippen MR) is 122 cm³/mol. The normalized spacial score (nSPS) is 22.3. The van der Waals surface area contributed by atoms with Gasteiger partial charge in [-0.25, -0.2) is 4.98 Å². The van der Waals surface area contributed by atoms with E-state index in [0.717, 1.165) is 45.6 Å². The van der Waals surface area contributed by atoms with E-state index in [-0.39, 0.29) is 12.0 Å². The van der Waals surface area contributed by atoms with E-state index in [1.54, 1.807) is 11.0 Å². The fourth-order valence-corrected chi connectivity index (χ4v) is 5.63. The summed E-state index contributed by atoms with van der Waals surface area (Å²) in [6.07, 6.45) is 10.7. The van der Waals surface area contributed by atoms with E-state index in [1.165, 1.54) is 43.1 Å². The molecule has 7 nitrogen and oxygen atoms in total. The molecule has 3 heterocycles. The highest BCUT2D eigenvalue weighted by molar-refractivity contribution is 5.76. The van der Waals surface area contributed by atoms with Crippen molar-refractivity contribution in [2.24, 2.45) is 5.92 Å². The molecule has 0 saturated carbocycles. The molecular formula is C25H35N5O2. The zero-order valence-corrected chi connectivity index (χ0v) is 18.9. The van der Waals surface area contributed by atoms with Crippen molar-refractivity contribution >= 4 is 5.91 Å². The Morgan fingerprint density at radius 3 is 2.53 bits per heavy atom. The van der Waals surface area contributed by atoms with Crippen LogP contribution in [0.3, 0.4) is 0 Å². The lowest BCUT2D eigenvalue weighted by atomic mass is 9.94. The summed E-state index contributed by atoms with van der Waals surface area (Å²) in [5.74, 6) is 0.788. The van der Waals surface area contributed by atoms with Gasteiger partial charge in [0, 0.05) is 32.2 Å². The van der Waals surface area contributed by atoms with Gasteiger partial charge in [-0.1, -0.05) is 24.3 Å². The number of piperidine rings is 1. The Kier molecular flexibility index (Phi) is 6.83. The number of nitrogens with zero attached hydrogens (tertiary/aromatic N) is 5. The van der Waals surface area contributed by atoms with Gasteiger partial charge in [-0.2, -0.15) is 5.10 Å². The second-order valence-corrected chi connectivity index (χ2v) is 9.65. The monoisotopic (exact) mass is 437 g/mol. The SMILES string of the molecule is O=C(CCn1cncn1)N(CC1CCN(C2Cc3ccccc3C2)CC1)C[C@@H]1CCCO1. The lowest BCUT2D eigenvalue weighted by Gasteiger charge is -2.38. The average Bonchev–Trinajstić information content (AvgIpc) is 3.59. The minimum atomic E-state index is 0.197. The first-order chi connectivity index (χ1) is 15.7. The number of likely N-dealkylation sites (tertiary alicyclic amines) is 1. The number of amides is 1. The zero-order valence-electron chi connectivity index (χ0n) is 18.9. The van der Waals surface area contributed by atoms with Gasteiger partial charge < -0.3 is 9.64 Å². The number of carbonyl (C=O) groups is 1. The number of hydrogen-bond acceptors (Lipinski definition) is 5. The minimum Gasteiger partial charge on any atom is -0.376 e. The summed E-state index contributed by atoms with van der Waals surface area (Å²) in [5.41, 5.74) is 3.06. The number of hydrogen-bond donors (Lipinski definition) is 0. The van der Waals surface area contributed by atoms with Crippen LogP contribution in [0.2, 0.25) is 0 Å². The van der Waals surface area contributed by atoms with Gasteiger partial charge in [0.05, 0.1) is 12.6 Å². The molecule has 7 heteroatoms. The number of benzene rings is 1. The van der Waals surface area contributed by atoms with E-state index in [9.17, 15) is 4.79 Å². The Hall–Kier alpha value is -2.25. The molecule has 2 aromatic rings.